The minimum atomic E-state index is 0.204. The van der Waals surface area contributed by atoms with E-state index in [0.29, 0.717) is 5.82 Å². The van der Waals surface area contributed by atoms with Crippen LogP contribution in [0.3, 0.4) is 0 Å². The molecule has 0 radical (unpaired) electrons. The van der Waals surface area contributed by atoms with Gasteiger partial charge in [0.1, 0.15) is 17.3 Å². The summed E-state index contributed by atoms with van der Waals surface area (Å²) in [5.74, 6) is 2.33. The van der Waals surface area contributed by atoms with Gasteiger partial charge < -0.3 is 15.0 Å². The summed E-state index contributed by atoms with van der Waals surface area (Å²) in [4.78, 5) is 20.6. The smallest absolute Gasteiger partial charge is 0.180 e. The van der Waals surface area contributed by atoms with Gasteiger partial charge in [-0.15, -0.1) is 0 Å². The van der Waals surface area contributed by atoms with Gasteiger partial charge in [-0.25, -0.2) is 15.0 Å². The third-order valence-electron chi connectivity index (χ3n) is 5.04. The molecule has 0 aliphatic carbocycles. The van der Waals surface area contributed by atoms with E-state index in [2.05, 4.69) is 39.0 Å². The van der Waals surface area contributed by atoms with Crippen LogP contribution in [0, 0.1) is 13.8 Å². The highest BCUT2D eigenvalue weighted by Crippen LogP contribution is 2.25. The number of ether oxygens (including phenoxy) is 1. The molecule has 7 heteroatoms. The molecule has 4 rings (SSSR count). The van der Waals surface area contributed by atoms with Crippen LogP contribution in [-0.2, 0) is 4.74 Å². The first-order valence-electron chi connectivity index (χ1n) is 9.89. The molecule has 2 atom stereocenters. The molecule has 0 aromatic carbocycles. The highest BCUT2D eigenvalue weighted by molar-refractivity contribution is 5.63. The Morgan fingerprint density at radius 3 is 2.45 bits per heavy atom. The van der Waals surface area contributed by atoms with E-state index in [1.54, 1.807) is 6.20 Å². The summed E-state index contributed by atoms with van der Waals surface area (Å²) in [5, 5.41) is 3.39. The molecule has 2 unspecified atom stereocenters. The van der Waals surface area contributed by atoms with E-state index in [4.69, 9.17) is 9.72 Å². The number of aromatic nitrogens is 4. The van der Waals surface area contributed by atoms with Crippen LogP contribution in [0.1, 0.15) is 25.1 Å². The molecule has 4 heterocycles. The summed E-state index contributed by atoms with van der Waals surface area (Å²) in [7, 11) is 0. The van der Waals surface area contributed by atoms with E-state index >= 15 is 0 Å². The van der Waals surface area contributed by atoms with Crippen LogP contribution in [0.4, 0.5) is 17.3 Å². The van der Waals surface area contributed by atoms with Crippen LogP contribution < -0.4 is 10.2 Å². The number of pyridine rings is 2. The second kappa shape index (κ2) is 8.13. The molecule has 1 fully saturated rings. The van der Waals surface area contributed by atoms with E-state index in [-0.39, 0.29) is 12.2 Å². The van der Waals surface area contributed by atoms with Crippen molar-refractivity contribution in [3.05, 3.63) is 54.0 Å². The van der Waals surface area contributed by atoms with Gasteiger partial charge in [-0.3, -0.25) is 4.98 Å². The predicted molar refractivity (Wildman–Crippen MR) is 114 cm³/mol. The van der Waals surface area contributed by atoms with Crippen molar-refractivity contribution in [3.8, 4) is 11.5 Å². The highest BCUT2D eigenvalue weighted by atomic mass is 16.5. The van der Waals surface area contributed by atoms with Gasteiger partial charge in [0.15, 0.2) is 5.82 Å². The fourth-order valence-corrected chi connectivity index (χ4v) is 3.51. The molecule has 29 heavy (non-hydrogen) atoms. The van der Waals surface area contributed by atoms with Crippen LogP contribution in [0.2, 0.25) is 0 Å². The molecule has 1 aliphatic heterocycles. The maximum Gasteiger partial charge on any atom is 0.180 e. The number of hydrogen-bond donors (Lipinski definition) is 1. The number of hydrogen-bond acceptors (Lipinski definition) is 7. The van der Waals surface area contributed by atoms with Crippen LogP contribution in [0.15, 0.2) is 42.7 Å². The molecule has 1 aliphatic rings. The largest absolute Gasteiger partial charge is 0.372 e. The highest BCUT2D eigenvalue weighted by Gasteiger charge is 2.23. The normalized spacial score (nSPS) is 19.2. The van der Waals surface area contributed by atoms with Crippen molar-refractivity contribution >= 4 is 17.3 Å². The zero-order chi connectivity index (χ0) is 20.4. The second-order valence-corrected chi connectivity index (χ2v) is 7.51. The molecular weight excluding hydrogens is 364 g/mol. The number of nitrogens with zero attached hydrogens (tertiary/aromatic N) is 5. The Bertz CT molecular complexity index is 967. The number of nitrogens with one attached hydrogen (secondary N) is 1. The summed E-state index contributed by atoms with van der Waals surface area (Å²) in [6, 6.07) is 9.80. The Balaban J connectivity index is 1.56. The monoisotopic (exact) mass is 390 g/mol. The van der Waals surface area contributed by atoms with Gasteiger partial charge in [-0.1, -0.05) is 6.07 Å². The average molecular weight is 390 g/mol. The summed E-state index contributed by atoms with van der Waals surface area (Å²) in [6.45, 7) is 9.88. The summed E-state index contributed by atoms with van der Waals surface area (Å²) in [6.07, 6.45) is 4.00. The Morgan fingerprint density at radius 2 is 1.79 bits per heavy atom. The van der Waals surface area contributed by atoms with Gasteiger partial charge >= 0.3 is 0 Å². The van der Waals surface area contributed by atoms with Crippen molar-refractivity contribution in [1.29, 1.82) is 0 Å². The van der Waals surface area contributed by atoms with Gasteiger partial charge in [-0.2, -0.15) is 0 Å². The summed E-state index contributed by atoms with van der Waals surface area (Å²) < 4.78 is 5.81. The number of aryl methyl sites for hydroxylation is 1. The zero-order valence-electron chi connectivity index (χ0n) is 17.3. The third kappa shape index (κ3) is 4.35. The second-order valence-electron chi connectivity index (χ2n) is 7.51. The summed E-state index contributed by atoms with van der Waals surface area (Å²) >= 11 is 0. The lowest BCUT2D eigenvalue weighted by molar-refractivity contribution is -0.00545. The Hall–Kier alpha value is -3.06. The molecule has 7 nitrogen and oxygen atoms in total. The Labute approximate surface area is 171 Å². The predicted octanol–water partition coefficient (Wildman–Crippen LogP) is 3.91. The standard InChI is InChI=1S/C22H26N6O/c1-14-12-28(13-15(2)29-14)20-9-8-18(11-24-20)26-21-16(3)17(4)25-22(27-21)19-7-5-6-10-23-19/h5-11,14-15H,12-13H2,1-4H3,(H,25,26,27). The molecule has 150 valence electrons. The van der Waals surface area contributed by atoms with E-state index in [9.17, 15) is 0 Å². The van der Waals surface area contributed by atoms with Gasteiger partial charge in [-0.05, 0) is 52.0 Å². The quantitative estimate of drug-likeness (QED) is 0.724. The van der Waals surface area contributed by atoms with Crippen LogP contribution in [0.5, 0.6) is 0 Å². The molecule has 3 aromatic heterocycles. The van der Waals surface area contributed by atoms with Crippen LogP contribution in [0.25, 0.3) is 11.5 Å². The average Bonchev–Trinajstić information content (AvgIpc) is 2.72. The van der Waals surface area contributed by atoms with Crippen molar-refractivity contribution in [3.63, 3.8) is 0 Å². The third-order valence-corrected chi connectivity index (χ3v) is 5.04. The minimum Gasteiger partial charge on any atom is -0.372 e. The Kier molecular flexibility index (Phi) is 5.40. The van der Waals surface area contributed by atoms with Crippen molar-refractivity contribution in [2.24, 2.45) is 0 Å². The van der Waals surface area contributed by atoms with Gasteiger partial charge in [0, 0.05) is 30.5 Å². The van der Waals surface area contributed by atoms with Crippen molar-refractivity contribution in [2.45, 2.75) is 39.9 Å². The van der Waals surface area contributed by atoms with Gasteiger partial charge in [0.05, 0.1) is 24.1 Å². The van der Waals surface area contributed by atoms with E-state index < -0.39 is 0 Å². The van der Waals surface area contributed by atoms with E-state index in [0.717, 1.165) is 47.4 Å². The Morgan fingerprint density at radius 1 is 1.00 bits per heavy atom. The molecular formula is C22H26N6O. The van der Waals surface area contributed by atoms with Crippen molar-refractivity contribution < 1.29 is 4.74 Å². The zero-order valence-corrected chi connectivity index (χ0v) is 17.3. The SMILES string of the molecule is Cc1nc(-c2ccccn2)nc(Nc2ccc(N3CC(C)OC(C)C3)nc2)c1C. The molecule has 0 bridgehead atoms. The first-order chi connectivity index (χ1) is 14.0. The first-order valence-corrected chi connectivity index (χ1v) is 9.89. The molecule has 0 saturated carbocycles. The minimum absolute atomic E-state index is 0.204. The molecule has 0 spiro atoms. The van der Waals surface area contributed by atoms with Gasteiger partial charge in [0.25, 0.3) is 0 Å². The van der Waals surface area contributed by atoms with Gasteiger partial charge in [0.2, 0.25) is 0 Å². The van der Waals surface area contributed by atoms with Crippen molar-refractivity contribution in [2.75, 3.05) is 23.3 Å². The lowest BCUT2D eigenvalue weighted by atomic mass is 10.2. The molecule has 1 N–H and O–H groups in total. The maximum atomic E-state index is 5.81. The topological polar surface area (TPSA) is 76.1 Å². The molecule has 3 aromatic rings. The summed E-state index contributed by atoms with van der Waals surface area (Å²) in [5.41, 5.74) is 3.56. The van der Waals surface area contributed by atoms with Crippen LogP contribution in [-0.4, -0.2) is 45.2 Å². The number of rotatable bonds is 4. The van der Waals surface area contributed by atoms with E-state index in [1.165, 1.54) is 0 Å². The lowest BCUT2D eigenvalue weighted by Crippen LogP contribution is -2.45. The lowest BCUT2D eigenvalue weighted by Gasteiger charge is -2.36. The fourth-order valence-electron chi connectivity index (χ4n) is 3.51. The van der Waals surface area contributed by atoms with Crippen molar-refractivity contribution in [1.82, 2.24) is 19.9 Å². The molecule has 0 amide bonds. The maximum absolute atomic E-state index is 5.81. The number of anilines is 3. The fraction of sp³-hybridized carbons (Fsp3) is 0.364. The van der Waals surface area contributed by atoms with Crippen LogP contribution >= 0.6 is 0 Å². The first kappa shape index (κ1) is 19.3. The number of morpholine rings is 1. The molecule has 1 saturated heterocycles. The van der Waals surface area contributed by atoms with E-state index in [1.807, 2.05) is 50.4 Å².